The van der Waals surface area contributed by atoms with Gasteiger partial charge in [0.2, 0.25) is 0 Å². The Kier molecular flexibility index (Phi) is 4.88. The van der Waals surface area contributed by atoms with Gasteiger partial charge < -0.3 is 4.74 Å². The van der Waals surface area contributed by atoms with Gasteiger partial charge in [0.05, 0.1) is 7.11 Å². The van der Waals surface area contributed by atoms with Gasteiger partial charge in [-0.25, -0.2) is 0 Å². The summed E-state index contributed by atoms with van der Waals surface area (Å²) in [5.74, 6) is 1.98. The van der Waals surface area contributed by atoms with Crippen LogP contribution in [-0.2, 0) is 6.42 Å². The molecule has 0 atom stereocenters. The van der Waals surface area contributed by atoms with E-state index in [2.05, 4.69) is 31.7 Å². The first kappa shape index (κ1) is 11.4. The highest BCUT2D eigenvalue weighted by molar-refractivity contribution is 7.80. The predicted octanol–water partition coefficient (Wildman–Crippen LogP) is 3.26. The largest absolute Gasteiger partial charge is 0.496 e. The topological polar surface area (TPSA) is 9.23 Å². The zero-order valence-corrected chi connectivity index (χ0v) is 9.81. The van der Waals surface area contributed by atoms with Crippen molar-refractivity contribution in [3.05, 3.63) is 29.3 Å². The first-order valence-electron chi connectivity index (χ1n) is 5.02. The first-order valence-corrected chi connectivity index (χ1v) is 5.65. The highest BCUT2D eigenvalue weighted by Gasteiger charge is 2.02. The highest BCUT2D eigenvalue weighted by Crippen LogP contribution is 2.21. The van der Waals surface area contributed by atoms with E-state index in [1.165, 1.54) is 24.0 Å². The van der Waals surface area contributed by atoms with Gasteiger partial charge in [0, 0.05) is 0 Å². The standard InChI is InChI=1S/C12H18OS/c1-10-6-7-12(13-2)11(9-10)5-3-4-8-14/h6-7,9,14H,3-5,8H2,1-2H3. The average Bonchev–Trinajstić information content (AvgIpc) is 2.19. The summed E-state index contributed by atoms with van der Waals surface area (Å²) in [6, 6.07) is 6.34. The summed E-state index contributed by atoms with van der Waals surface area (Å²) in [6.45, 7) is 2.11. The summed E-state index contributed by atoms with van der Waals surface area (Å²) < 4.78 is 5.31. The third-order valence-electron chi connectivity index (χ3n) is 2.29. The van der Waals surface area contributed by atoms with Crippen molar-refractivity contribution in [3.63, 3.8) is 0 Å². The summed E-state index contributed by atoms with van der Waals surface area (Å²) in [5.41, 5.74) is 2.61. The minimum Gasteiger partial charge on any atom is -0.496 e. The molecular weight excluding hydrogens is 192 g/mol. The third kappa shape index (κ3) is 3.26. The van der Waals surface area contributed by atoms with Crippen LogP contribution < -0.4 is 4.74 Å². The van der Waals surface area contributed by atoms with Crippen molar-refractivity contribution < 1.29 is 4.74 Å². The van der Waals surface area contributed by atoms with Gasteiger partial charge in [-0.05, 0) is 43.6 Å². The van der Waals surface area contributed by atoms with Crippen LogP contribution in [0.25, 0.3) is 0 Å². The molecule has 1 rings (SSSR count). The fourth-order valence-corrected chi connectivity index (χ4v) is 1.75. The minimum absolute atomic E-state index is 0.966. The maximum Gasteiger partial charge on any atom is 0.122 e. The van der Waals surface area contributed by atoms with Crippen molar-refractivity contribution in [2.45, 2.75) is 26.2 Å². The van der Waals surface area contributed by atoms with Gasteiger partial charge in [-0.3, -0.25) is 0 Å². The third-order valence-corrected chi connectivity index (χ3v) is 2.61. The van der Waals surface area contributed by atoms with E-state index in [1.54, 1.807) is 7.11 Å². The van der Waals surface area contributed by atoms with Crippen LogP contribution >= 0.6 is 12.6 Å². The molecular formula is C12H18OS. The normalized spacial score (nSPS) is 10.2. The summed E-state index contributed by atoms with van der Waals surface area (Å²) in [7, 11) is 1.73. The number of rotatable bonds is 5. The Balaban J connectivity index is 2.67. The molecule has 0 heterocycles. The smallest absolute Gasteiger partial charge is 0.122 e. The van der Waals surface area contributed by atoms with Crippen LogP contribution in [0.5, 0.6) is 5.75 Å². The first-order chi connectivity index (χ1) is 6.77. The molecule has 0 bridgehead atoms. The van der Waals surface area contributed by atoms with Crippen LogP contribution in [-0.4, -0.2) is 12.9 Å². The van der Waals surface area contributed by atoms with Crippen molar-refractivity contribution >= 4 is 12.6 Å². The number of methoxy groups -OCH3 is 1. The fourth-order valence-electron chi connectivity index (χ4n) is 1.53. The molecule has 0 radical (unpaired) electrons. The second kappa shape index (κ2) is 5.97. The Hall–Kier alpha value is -0.630. The van der Waals surface area contributed by atoms with Crippen LogP contribution in [0.2, 0.25) is 0 Å². The minimum atomic E-state index is 0.966. The maximum atomic E-state index is 5.31. The summed E-state index contributed by atoms with van der Waals surface area (Å²) >= 11 is 4.20. The second-order valence-electron chi connectivity index (χ2n) is 3.50. The molecule has 0 aromatic heterocycles. The molecule has 78 valence electrons. The van der Waals surface area contributed by atoms with E-state index < -0.39 is 0 Å². The molecule has 2 heteroatoms. The van der Waals surface area contributed by atoms with E-state index >= 15 is 0 Å². The van der Waals surface area contributed by atoms with Gasteiger partial charge in [0.1, 0.15) is 5.75 Å². The van der Waals surface area contributed by atoms with E-state index in [1.807, 2.05) is 6.07 Å². The molecule has 0 spiro atoms. The van der Waals surface area contributed by atoms with Crippen molar-refractivity contribution in [1.82, 2.24) is 0 Å². The SMILES string of the molecule is COc1ccc(C)cc1CCCCS. The van der Waals surface area contributed by atoms with Crippen LogP contribution in [0.3, 0.4) is 0 Å². The lowest BCUT2D eigenvalue weighted by Crippen LogP contribution is -1.93. The second-order valence-corrected chi connectivity index (χ2v) is 3.94. The average molecular weight is 210 g/mol. The lowest BCUT2D eigenvalue weighted by Gasteiger charge is -2.08. The molecule has 1 aromatic carbocycles. The molecule has 0 aliphatic rings. The number of aryl methyl sites for hydroxylation is 2. The highest BCUT2D eigenvalue weighted by atomic mass is 32.1. The van der Waals surface area contributed by atoms with E-state index in [9.17, 15) is 0 Å². The number of unbranched alkanes of at least 4 members (excludes halogenated alkanes) is 1. The molecule has 0 amide bonds. The van der Waals surface area contributed by atoms with Crippen LogP contribution in [0.4, 0.5) is 0 Å². The monoisotopic (exact) mass is 210 g/mol. The van der Waals surface area contributed by atoms with Gasteiger partial charge >= 0.3 is 0 Å². The van der Waals surface area contributed by atoms with Gasteiger partial charge in [0.15, 0.2) is 0 Å². The van der Waals surface area contributed by atoms with Crippen molar-refractivity contribution in [3.8, 4) is 5.75 Å². The molecule has 0 aliphatic heterocycles. The molecule has 0 fully saturated rings. The van der Waals surface area contributed by atoms with E-state index in [0.29, 0.717) is 0 Å². The van der Waals surface area contributed by atoms with Crippen molar-refractivity contribution in [2.24, 2.45) is 0 Å². The summed E-state index contributed by atoms with van der Waals surface area (Å²) in [6.07, 6.45) is 3.44. The van der Waals surface area contributed by atoms with Crippen LogP contribution in [0.15, 0.2) is 18.2 Å². The summed E-state index contributed by atoms with van der Waals surface area (Å²) in [4.78, 5) is 0. The zero-order chi connectivity index (χ0) is 10.4. The van der Waals surface area contributed by atoms with Gasteiger partial charge in [0.25, 0.3) is 0 Å². The Morgan fingerprint density at radius 2 is 2.07 bits per heavy atom. The molecule has 0 aliphatic carbocycles. The lowest BCUT2D eigenvalue weighted by molar-refractivity contribution is 0.409. The Labute approximate surface area is 91.9 Å². The number of benzene rings is 1. The molecule has 1 nitrogen and oxygen atoms in total. The van der Waals surface area contributed by atoms with Crippen LogP contribution in [0, 0.1) is 6.92 Å². The fraction of sp³-hybridized carbons (Fsp3) is 0.500. The number of hydrogen-bond donors (Lipinski definition) is 1. The predicted molar refractivity (Wildman–Crippen MR) is 64.5 cm³/mol. The molecule has 0 saturated heterocycles. The Morgan fingerprint density at radius 1 is 1.29 bits per heavy atom. The van der Waals surface area contributed by atoms with Gasteiger partial charge in [-0.15, -0.1) is 0 Å². The Morgan fingerprint density at radius 3 is 2.71 bits per heavy atom. The molecule has 0 saturated carbocycles. The number of thiol groups is 1. The molecule has 1 aromatic rings. The van der Waals surface area contributed by atoms with E-state index in [-0.39, 0.29) is 0 Å². The molecule has 0 unspecified atom stereocenters. The van der Waals surface area contributed by atoms with Crippen LogP contribution in [0.1, 0.15) is 24.0 Å². The summed E-state index contributed by atoms with van der Waals surface area (Å²) in [5, 5.41) is 0. The zero-order valence-electron chi connectivity index (χ0n) is 8.92. The van der Waals surface area contributed by atoms with E-state index in [4.69, 9.17) is 4.74 Å². The number of hydrogen-bond acceptors (Lipinski definition) is 2. The lowest BCUT2D eigenvalue weighted by atomic mass is 10.0. The van der Waals surface area contributed by atoms with Gasteiger partial charge in [-0.1, -0.05) is 17.7 Å². The molecule has 0 N–H and O–H groups in total. The Bertz CT molecular complexity index is 284. The van der Waals surface area contributed by atoms with Crippen molar-refractivity contribution in [1.29, 1.82) is 0 Å². The molecule has 14 heavy (non-hydrogen) atoms. The van der Waals surface area contributed by atoms with E-state index in [0.717, 1.165) is 17.9 Å². The number of ether oxygens (including phenoxy) is 1. The maximum absolute atomic E-state index is 5.31. The van der Waals surface area contributed by atoms with Gasteiger partial charge in [-0.2, -0.15) is 12.6 Å². The quantitative estimate of drug-likeness (QED) is 0.580. The van der Waals surface area contributed by atoms with Crippen molar-refractivity contribution in [2.75, 3.05) is 12.9 Å².